The van der Waals surface area contributed by atoms with Crippen molar-refractivity contribution in [3.63, 3.8) is 0 Å². The first-order chi connectivity index (χ1) is 14.3. The molecule has 1 fully saturated rings. The predicted octanol–water partition coefficient (Wildman–Crippen LogP) is 4.91. The predicted molar refractivity (Wildman–Crippen MR) is 116 cm³/mol. The summed E-state index contributed by atoms with van der Waals surface area (Å²) in [7, 11) is 0. The Bertz CT molecular complexity index is 1090. The summed E-state index contributed by atoms with van der Waals surface area (Å²) in [5.74, 6) is -0.00839. The molecule has 154 valence electrons. The lowest BCUT2D eigenvalue weighted by Gasteiger charge is -2.12. The molecule has 9 nitrogen and oxygen atoms in total. The molecule has 0 atom stereocenters. The van der Waals surface area contributed by atoms with Crippen LogP contribution in [0.3, 0.4) is 0 Å². The van der Waals surface area contributed by atoms with E-state index in [1.807, 2.05) is 6.92 Å². The molecule has 1 aliphatic heterocycles. The van der Waals surface area contributed by atoms with Crippen LogP contribution >= 0.6 is 24.0 Å². The first-order valence-corrected chi connectivity index (χ1v) is 9.98. The van der Waals surface area contributed by atoms with Gasteiger partial charge < -0.3 is 4.74 Å². The van der Waals surface area contributed by atoms with Crippen LogP contribution in [-0.2, 0) is 4.79 Å². The second-order valence-electron chi connectivity index (χ2n) is 6.17. The first-order valence-electron chi connectivity index (χ1n) is 8.76. The smallest absolute Gasteiger partial charge is 0.318 e. The highest BCUT2D eigenvalue weighted by atomic mass is 32.2. The van der Waals surface area contributed by atoms with Gasteiger partial charge in [0.05, 0.1) is 20.8 Å². The molecule has 0 unspecified atom stereocenters. The second-order valence-corrected chi connectivity index (χ2v) is 7.85. The van der Waals surface area contributed by atoms with E-state index < -0.39 is 21.2 Å². The van der Waals surface area contributed by atoms with E-state index in [1.165, 1.54) is 17.8 Å². The molecule has 1 amide bonds. The molecule has 2 aromatic rings. The standard InChI is InChI=1S/C19H15N3O6S2/c1-2-8-20-18(23)17(30-19(20)29)10-12-4-3-5-14(9-12)28-16-7-6-13(21(24)25)11-15(16)22(26)27/h3-7,9-11H,2,8H2,1H3/b17-10-. The Morgan fingerprint density at radius 1 is 1.17 bits per heavy atom. The van der Waals surface area contributed by atoms with Crippen molar-refractivity contribution in [1.82, 2.24) is 4.90 Å². The number of nitrogens with zero attached hydrogens (tertiary/aromatic N) is 3. The Balaban J connectivity index is 1.87. The minimum atomic E-state index is -0.745. The van der Waals surface area contributed by atoms with E-state index in [4.69, 9.17) is 17.0 Å². The van der Waals surface area contributed by atoms with Gasteiger partial charge in [0.15, 0.2) is 0 Å². The van der Waals surface area contributed by atoms with Crippen molar-refractivity contribution in [2.24, 2.45) is 0 Å². The van der Waals surface area contributed by atoms with Crippen LogP contribution in [0.1, 0.15) is 18.9 Å². The number of hydrogen-bond donors (Lipinski definition) is 0. The lowest BCUT2D eigenvalue weighted by molar-refractivity contribution is -0.394. The molecule has 11 heteroatoms. The van der Waals surface area contributed by atoms with E-state index in [0.717, 1.165) is 18.6 Å². The van der Waals surface area contributed by atoms with E-state index in [2.05, 4.69) is 0 Å². The fourth-order valence-electron chi connectivity index (χ4n) is 2.71. The average Bonchev–Trinajstić information content (AvgIpc) is 2.96. The lowest BCUT2D eigenvalue weighted by Crippen LogP contribution is -2.28. The maximum Gasteiger partial charge on any atom is 0.318 e. The summed E-state index contributed by atoms with van der Waals surface area (Å²) >= 11 is 6.46. The molecule has 0 bridgehead atoms. The minimum Gasteiger partial charge on any atom is -0.450 e. The van der Waals surface area contributed by atoms with Crippen molar-refractivity contribution >= 4 is 51.7 Å². The van der Waals surface area contributed by atoms with Gasteiger partial charge in [-0.05, 0) is 36.3 Å². The van der Waals surface area contributed by atoms with Gasteiger partial charge >= 0.3 is 5.69 Å². The van der Waals surface area contributed by atoms with Gasteiger partial charge in [-0.3, -0.25) is 29.9 Å². The van der Waals surface area contributed by atoms with E-state index in [9.17, 15) is 25.0 Å². The van der Waals surface area contributed by atoms with Crippen molar-refractivity contribution < 1.29 is 19.4 Å². The number of nitro benzene ring substituents is 2. The Morgan fingerprint density at radius 3 is 2.60 bits per heavy atom. The third-order valence-electron chi connectivity index (χ3n) is 4.05. The van der Waals surface area contributed by atoms with Crippen LogP contribution in [0.4, 0.5) is 11.4 Å². The normalized spacial score (nSPS) is 15.0. The molecule has 1 saturated heterocycles. The molecule has 3 rings (SSSR count). The largest absolute Gasteiger partial charge is 0.450 e. The maximum atomic E-state index is 12.5. The number of carbonyl (C=O) groups is 1. The number of thiocarbonyl (C=S) groups is 1. The fraction of sp³-hybridized carbons (Fsp3) is 0.158. The van der Waals surface area contributed by atoms with Crippen molar-refractivity contribution in [3.8, 4) is 11.5 Å². The number of rotatable bonds is 7. The van der Waals surface area contributed by atoms with Gasteiger partial charge in [-0.1, -0.05) is 43.0 Å². The van der Waals surface area contributed by atoms with Crippen LogP contribution in [0, 0.1) is 20.2 Å². The molecule has 1 aliphatic rings. The van der Waals surface area contributed by atoms with E-state index in [-0.39, 0.29) is 17.4 Å². The molecule has 0 saturated carbocycles. The second kappa shape index (κ2) is 9.01. The van der Waals surface area contributed by atoms with Crippen molar-refractivity contribution in [1.29, 1.82) is 0 Å². The summed E-state index contributed by atoms with van der Waals surface area (Å²) in [4.78, 5) is 35.2. The van der Waals surface area contributed by atoms with Crippen LogP contribution in [0.5, 0.6) is 11.5 Å². The Kier molecular flexibility index (Phi) is 6.43. The Hall–Kier alpha value is -3.31. The molecule has 1 heterocycles. The Morgan fingerprint density at radius 2 is 1.93 bits per heavy atom. The van der Waals surface area contributed by atoms with Gasteiger partial charge in [0.25, 0.3) is 11.6 Å². The fourth-order valence-corrected chi connectivity index (χ4v) is 4.02. The topological polar surface area (TPSA) is 116 Å². The molecule has 0 radical (unpaired) electrons. The van der Waals surface area contributed by atoms with Gasteiger partial charge in [0.2, 0.25) is 5.75 Å². The highest BCUT2D eigenvalue weighted by molar-refractivity contribution is 8.26. The molecular weight excluding hydrogens is 430 g/mol. The van der Waals surface area contributed by atoms with Crippen molar-refractivity contribution in [2.75, 3.05) is 6.54 Å². The molecule has 2 aromatic carbocycles. The quantitative estimate of drug-likeness (QED) is 0.256. The maximum absolute atomic E-state index is 12.5. The number of non-ortho nitro benzene ring substituents is 1. The van der Waals surface area contributed by atoms with Crippen LogP contribution in [0.25, 0.3) is 6.08 Å². The summed E-state index contributed by atoms with van der Waals surface area (Å²) in [6, 6.07) is 9.78. The summed E-state index contributed by atoms with van der Waals surface area (Å²) in [6.07, 6.45) is 2.46. The van der Waals surface area contributed by atoms with E-state index in [0.29, 0.717) is 21.3 Å². The molecule has 0 N–H and O–H groups in total. The number of thioether (sulfide) groups is 1. The summed E-state index contributed by atoms with van der Waals surface area (Å²) < 4.78 is 6.10. The summed E-state index contributed by atoms with van der Waals surface area (Å²) in [5, 5.41) is 22.1. The molecular formula is C19H15N3O6S2. The highest BCUT2D eigenvalue weighted by Crippen LogP contribution is 2.36. The number of amides is 1. The number of benzene rings is 2. The zero-order valence-electron chi connectivity index (χ0n) is 15.6. The van der Waals surface area contributed by atoms with E-state index in [1.54, 1.807) is 35.2 Å². The molecule has 0 spiro atoms. The molecule has 30 heavy (non-hydrogen) atoms. The van der Waals surface area contributed by atoms with E-state index >= 15 is 0 Å². The lowest BCUT2D eigenvalue weighted by atomic mass is 10.2. The van der Waals surface area contributed by atoms with Gasteiger partial charge in [-0.25, -0.2) is 0 Å². The van der Waals surface area contributed by atoms with Gasteiger partial charge in [-0.15, -0.1) is 0 Å². The average molecular weight is 445 g/mol. The summed E-state index contributed by atoms with van der Waals surface area (Å²) in [6.45, 7) is 2.51. The SMILES string of the molecule is CCCN1C(=O)/C(=C/c2cccc(Oc3ccc([N+](=O)[O-])cc3[N+](=O)[O-])c2)SC1=S. The third kappa shape index (κ3) is 4.63. The van der Waals surface area contributed by atoms with Gasteiger partial charge in [0, 0.05) is 12.6 Å². The number of ether oxygens (including phenoxy) is 1. The van der Waals surface area contributed by atoms with Crippen molar-refractivity contribution in [3.05, 3.63) is 73.2 Å². The first kappa shape index (κ1) is 21.4. The zero-order chi connectivity index (χ0) is 21.8. The number of carbonyl (C=O) groups excluding carboxylic acids is 1. The number of nitro groups is 2. The molecule has 0 aromatic heterocycles. The van der Waals surface area contributed by atoms with Crippen LogP contribution in [0.15, 0.2) is 47.4 Å². The third-order valence-corrected chi connectivity index (χ3v) is 5.43. The number of hydrogen-bond acceptors (Lipinski definition) is 8. The Labute approximate surface area is 180 Å². The zero-order valence-corrected chi connectivity index (χ0v) is 17.3. The minimum absolute atomic E-state index is 0.128. The molecule has 0 aliphatic carbocycles. The van der Waals surface area contributed by atoms with Crippen molar-refractivity contribution in [2.45, 2.75) is 13.3 Å². The highest BCUT2D eigenvalue weighted by Gasteiger charge is 2.31. The monoisotopic (exact) mass is 445 g/mol. The van der Waals surface area contributed by atoms with Crippen LogP contribution in [-0.4, -0.2) is 31.5 Å². The van der Waals surface area contributed by atoms with Crippen LogP contribution in [0.2, 0.25) is 0 Å². The summed E-state index contributed by atoms with van der Waals surface area (Å²) in [5.41, 5.74) is -0.277. The van der Waals surface area contributed by atoms with Gasteiger partial charge in [-0.2, -0.15) is 0 Å². The van der Waals surface area contributed by atoms with Gasteiger partial charge in [0.1, 0.15) is 10.1 Å². The van der Waals surface area contributed by atoms with Crippen LogP contribution < -0.4 is 4.74 Å².